The molecule has 1 fully saturated rings. The van der Waals surface area contributed by atoms with E-state index in [1.54, 1.807) is 11.8 Å². The molecule has 27 heavy (non-hydrogen) atoms. The molecule has 0 radical (unpaired) electrons. The van der Waals surface area contributed by atoms with Crippen molar-refractivity contribution in [3.8, 4) is 0 Å². The van der Waals surface area contributed by atoms with E-state index >= 15 is 0 Å². The number of sulfonamides is 1. The predicted molar refractivity (Wildman–Crippen MR) is 114 cm³/mol. The van der Waals surface area contributed by atoms with Crippen LogP contribution in [0.3, 0.4) is 0 Å². The Bertz CT molecular complexity index is 970. The zero-order valence-electron chi connectivity index (χ0n) is 15.6. The smallest absolute Gasteiger partial charge is 0.213 e. The molecule has 0 bridgehead atoms. The SMILES string of the molecule is CSc1ccc(C2=C(c3ccc(CS(N)(=O)=O)cc3)CC3(CCC3)C2)cc1. The van der Waals surface area contributed by atoms with Gasteiger partial charge in [-0.3, -0.25) is 0 Å². The van der Waals surface area contributed by atoms with E-state index < -0.39 is 10.0 Å². The van der Waals surface area contributed by atoms with Gasteiger partial charge in [0.25, 0.3) is 0 Å². The van der Waals surface area contributed by atoms with Crippen molar-refractivity contribution >= 4 is 32.9 Å². The van der Waals surface area contributed by atoms with Gasteiger partial charge in [-0.2, -0.15) is 0 Å². The first-order chi connectivity index (χ1) is 12.9. The highest BCUT2D eigenvalue weighted by atomic mass is 32.2. The van der Waals surface area contributed by atoms with Crippen LogP contribution in [0.15, 0.2) is 53.4 Å². The normalized spacial score (nSPS) is 18.7. The van der Waals surface area contributed by atoms with Gasteiger partial charge in [0, 0.05) is 4.90 Å². The molecule has 0 aromatic heterocycles. The average Bonchev–Trinajstić information content (AvgIpc) is 3.03. The summed E-state index contributed by atoms with van der Waals surface area (Å²) in [6.45, 7) is 0. The molecule has 2 aromatic carbocycles. The number of rotatable bonds is 5. The number of primary sulfonamides is 1. The molecule has 2 aliphatic rings. The van der Waals surface area contributed by atoms with E-state index in [-0.39, 0.29) is 5.75 Å². The van der Waals surface area contributed by atoms with Crippen LogP contribution in [0.5, 0.6) is 0 Å². The van der Waals surface area contributed by atoms with Gasteiger partial charge in [-0.15, -0.1) is 11.8 Å². The lowest BCUT2D eigenvalue weighted by atomic mass is 9.66. The second kappa shape index (κ2) is 7.12. The minimum Gasteiger partial charge on any atom is -0.228 e. The van der Waals surface area contributed by atoms with Crippen LogP contribution in [0, 0.1) is 5.41 Å². The fourth-order valence-corrected chi connectivity index (χ4v) is 5.50. The number of nitrogens with two attached hydrogens (primary N) is 1. The van der Waals surface area contributed by atoms with E-state index in [4.69, 9.17) is 5.14 Å². The van der Waals surface area contributed by atoms with Crippen molar-refractivity contribution in [1.29, 1.82) is 0 Å². The first-order valence-electron chi connectivity index (χ1n) is 9.34. The summed E-state index contributed by atoms with van der Waals surface area (Å²) in [5.74, 6) is -0.112. The van der Waals surface area contributed by atoms with Crippen LogP contribution in [0.25, 0.3) is 11.1 Å². The number of allylic oxidation sites excluding steroid dienone is 2. The third kappa shape index (κ3) is 4.00. The lowest BCUT2D eigenvalue weighted by molar-refractivity contribution is 0.157. The van der Waals surface area contributed by atoms with Crippen LogP contribution in [-0.2, 0) is 15.8 Å². The highest BCUT2D eigenvalue weighted by Gasteiger charge is 2.43. The topological polar surface area (TPSA) is 60.2 Å². The Kier molecular flexibility index (Phi) is 4.95. The third-order valence-corrected chi connectivity index (χ3v) is 7.47. The molecule has 1 saturated carbocycles. The largest absolute Gasteiger partial charge is 0.228 e. The fourth-order valence-electron chi connectivity index (χ4n) is 4.44. The van der Waals surface area contributed by atoms with Gasteiger partial charge in [-0.25, -0.2) is 13.6 Å². The van der Waals surface area contributed by atoms with Crippen LogP contribution in [0.1, 0.15) is 48.8 Å². The van der Waals surface area contributed by atoms with Crippen molar-refractivity contribution in [2.45, 2.75) is 42.8 Å². The van der Waals surface area contributed by atoms with Crippen LogP contribution in [0.2, 0.25) is 0 Å². The zero-order valence-corrected chi connectivity index (χ0v) is 17.2. The van der Waals surface area contributed by atoms with E-state index in [2.05, 4.69) is 42.7 Å². The van der Waals surface area contributed by atoms with Crippen LogP contribution < -0.4 is 5.14 Å². The molecular formula is C22H25NO2S2. The number of benzene rings is 2. The van der Waals surface area contributed by atoms with Gasteiger partial charge in [0.1, 0.15) is 0 Å². The van der Waals surface area contributed by atoms with Gasteiger partial charge < -0.3 is 0 Å². The molecule has 0 amide bonds. The van der Waals surface area contributed by atoms with Gasteiger partial charge in [0.15, 0.2) is 0 Å². The molecule has 2 N–H and O–H groups in total. The zero-order chi connectivity index (χ0) is 19.1. The summed E-state index contributed by atoms with van der Waals surface area (Å²) in [5, 5.41) is 5.17. The van der Waals surface area contributed by atoms with Crippen molar-refractivity contribution in [1.82, 2.24) is 0 Å². The van der Waals surface area contributed by atoms with Crippen molar-refractivity contribution in [3.63, 3.8) is 0 Å². The summed E-state index contributed by atoms with van der Waals surface area (Å²) < 4.78 is 22.7. The Labute approximate surface area is 166 Å². The second-order valence-corrected chi connectivity index (χ2v) is 10.4. The summed E-state index contributed by atoms with van der Waals surface area (Å²) in [4.78, 5) is 1.28. The maximum atomic E-state index is 11.3. The highest BCUT2D eigenvalue weighted by Crippen LogP contribution is 2.59. The van der Waals surface area contributed by atoms with Crippen molar-refractivity contribution < 1.29 is 8.42 Å². The highest BCUT2D eigenvalue weighted by molar-refractivity contribution is 7.98. The predicted octanol–water partition coefficient (Wildman–Crippen LogP) is 5.07. The lowest BCUT2D eigenvalue weighted by Crippen LogP contribution is -2.26. The summed E-state index contributed by atoms with van der Waals surface area (Å²) in [6, 6.07) is 16.8. The van der Waals surface area contributed by atoms with Gasteiger partial charge in [0.05, 0.1) is 5.75 Å². The molecule has 0 heterocycles. The van der Waals surface area contributed by atoms with Crippen molar-refractivity contribution in [3.05, 3.63) is 65.2 Å². The van der Waals surface area contributed by atoms with Gasteiger partial charge in [-0.05, 0) is 77.3 Å². The van der Waals surface area contributed by atoms with Crippen molar-refractivity contribution in [2.75, 3.05) is 6.26 Å². The summed E-state index contributed by atoms with van der Waals surface area (Å²) in [6.07, 6.45) is 8.33. The lowest BCUT2D eigenvalue weighted by Gasteiger charge is -2.39. The minimum atomic E-state index is -3.50. The molecule has 0 unspecified atom stereocenters. The Morgan fingerprint density at radius 3 is 1.85 bits per heavy atom. The third-order valence-electron chi connectivity index (χ3n) is 5.99. The Balaban J connectivity index is 1.69. The first kappa shape index (κ1) is 18.8. The van der Waals surface area contributed by atoms with Crippen LogP contribution in [-0.4, -0.2) is 14.7 Å². The Hall–Kier alpha value is -1.56. The standard InChI is InChI=1S/C22H25NO2S2/c1-26-19-9-7-18(8-10-19)21-14-22(11-2-12-22)13-20(21)17-5-3-16(4-6-17)15-27(23,24)25/h3-10H,2,11-15H2,1H3,(H2,23,24,25). The molecule has 5 heteroatoms. The molecular weight excluding hydrogens is 374 g/mol. The minimum absolute atomic E-state index is 0.112. The monoisotopic (exact) mass is 399 g/mol. The molecule has 142 valence electrons. The molecule has 0 atom stereocenters. The van der Waals surface area contributed by atoms with E-state index in [1.807, 2.05) is 12.1 Å². The number of hydrogen-bond acceptors (Lipinski definition) is 3. The maximum absolute atomic E-state index is 11.3. The summed E-state index contributed by atoms with van der Waals surface area (Å²) in [5.41, 5.74) is 6.60. The van der Waals surface area contributed by atoms with Gasteiger partial charge >= 0.3 is 0 Å². The van der Waals surface area contributed by atoms with Gasteiger partial charge in [-0.1, -0.05) is 42.8 Å². The maximum Gasteiger partial charge on any atom is 0.213 e. The second-order valence-electron chi connectivity index (χ2n) is 7.90. The molecule has 0 aliphatic heterocycles. The van der Waals surface area contributed by atoms with E-state index in [9.17, 15) is 8.42 Å². The van der Waals surface area contributed by atoms with E-state index in [0.717, 1.165) is 18.4 Å². The molecule has 4 rings (SSSR count). The number of hydrogen-bond donors (Lipinski definition) is 1. The summed E-state index contributed by atoms with van der Waals surface area (Å²) in [7, 11) is -3.50. The van der Waals surface area contributed by atoms with Gasteiger partial charge in [0.2, 0.25) is 10.0 Å². The molecule has 3 nitrogen and oxygen atoms in total. The molecule has 1 spiro atoms. The molecule has 2 aliphatic carbocycles. The Morgan fingerprint density at radius 2 is 1.44 bits per heavy atom. The number of thioether (sulfide) groups is 1. The molecule has 2 aromatic rings. The van der Waals surface area contributed by atoms with E-state index in [1.165, 1.54) is 46.4 Å². The quantitative estimate of drug-likeness (QED) is 0.714. The van der Waals surface area contributed by atoms with E-state index in [0.29, 0.717) is 5.41 Å². The van der Waals surface area contributed by atoms with Crippen LogP contribution in [0.4, 0.5) is 0 Å². The average molecular weight is 400 g/mol. The first-order valence-corrected chi connectivity index (χ1v) is 12.3. The Morgan fingerprint density at radius 1 is 0.926 bits per heavy atom. The molecule has 0 saturated heterocycles. The summed E-state index contributed by atoms with van der Waals surface area (Å²) >= 11 is 1.76. The fraction of sp³-hybridized carbons (Fsp3) is 0.364. The van der Waals surface area contributed by atoms with Crippen LogP contribution >= 0.6 is 11.8 Å². The van der Waals surface area contributed by atoms with Crippen molar-refractivity contribution in [2.24, 2.45) is 10.6 Å².